The average Bonchev–Trinajstić information content (AvgIpc) is 2.91. The molecular formula is C20H27FN2O4. The Morgan fingerprint density at radius 3 is 2.11 bits per heavy atom. The number of hydrogen-bond donors (Lipinski definition) is 0. The first-order chi connectivity index (χ1) is 13.0. The van der Waals surface area contributed by atoms with Gasteiger partial charge in [0.05, 0.1) is 18.8 Å². The number of amides is 2. The molecule has 0 atom stereocenters. The van der Waals surface area contributed by atoms with Gasteiger partial charge in [0.1, 0.15) is 11.5 Å². The van der Waals surface area contributed by atoms with Crippen LogP contribution in [0.5, 0.6) is 0 Å². The maximum atomic E-state index is 13.4. The average molecular weight is 378 g/mol. The van der Waals surface area contributed by atoms with Crippen molar-refractivity contribution >= 4 is 17.4 Å². The lowest BCUT2D eigenvalue weighted by atomic mass is 10.0. The molecule has 2 amide bonds. The molecule has 6 nitrogen and oxygen atoms in total. The smallest absolute Gasteiger partial charge is 0.277 e. The van der Waals surface area contributed by atoms with E-state index in [1.165, 1.54) is 29.2 Å². The topological polar surface area (TPSA) is 59.1 Å². The lowest BCUT2D eigenvalue weighted by molar-refractivity contribution is -0.137. The van der Waals surface area contributed by atoms with Gasteiger partial charge in [0.25, 0.3) is 11.8 Å². The van der Waals surface area contributed by atoms with Gasteiger partial charge in [0, 0.05) is 33.9 Å². The molecule has 0 N–H and O–H groups in total. The van der Waals surface area contributed by atoms with Crippen LogP contribution in [0.25, 0.3) is 5.57 Å². The predicted molar refractivity (Wildman–Crippen MR) is 100 cm³/mol. The number of hydrogen-bond acceptors (Lipinski definition) is 5. The summed E-state index contributed by atoms with van der Waals surface area (Å²) in [7, 11) is 3.16. The van der Waals surface area contributed by atoms with E-state index in [0.717, 1.165) is 12.8 Å². The van der Waals surface area contributed by atoms with Crippen molar-refractivity contribution in [2.24, 2.45) is 0 Å². The molecule has 0 radical (unpaired) electrons. The Bertz CT molecular complexity index is 680. The SMILES string of the molecule is CCCCN1C(=O)C(c2ccc(F)cc2)=C(N(CCOC)CCOC)C1=O. The maximum absolute atomic E-state index is 13.4. The van der Waals surface area contributed by atoms with Crippen molar-refractivity contribution in [3.8, 4) is 0 Å². The van der Waals surface area contributed by atoms with E-state index in [4.69, 9.17) is 9.47 Å². The third kappa shape index (κ3) is 4.93. The van der Waals surface area contributed by atoms with Gasteiger partial charge < -0.3 is 14.4 Å². The highest BCUT2D eigenvalue weighted by molar-refractivity contribution is 6.35. The number of unbranched alkanes of at least 4 members (excludes halogenated alkanes) is 1. The Morgan fingerprint density at radius 1 is 1.00 bits per heavy atom. The van der Waals surface area contributed by atoms with Crippen LogP contribution in [0.15, 0.2) is 30.0 Å². The molecule has 2 rings (SSSR count). The summed E-state index contributed by atoms with van der Waals surface area (Å²) in [5.41, 5.74) is 1.17. The fourth-order valence-corrected chi connectivity index (χ4v) is 2.99. The summed E-state index contributed by atoms with van der Waals surface area (Å²) >= 11 is 0. The number of nitrogens with zero attached hydrogens (tertiary/aromatic N) is 2. The fourth-order valence-electron chi connectivity index (χ4n) is 2.99. The number of halogens is 1. The Hall–Kier alpha value is -2.25. The second-order valence-corrected chi connectivity index (χ2v) is 6.32. The second-order valence-electron chi connectivity index (χ2n) is 6.32. The summed E-state index contributed by atoms with van der Waals surface area (Å²) in [4.78, 5) is 29.2. The highest BCUT2D eigenvalue weighted by Gasteiger charge is 2.41. The molecular weight excluding hydrogens is 351 g/mol. The lowest BCUT2D eigenvalue weighted by Gasteiger charge is -2.25. The van der Waals surface area contributed by atoms with Gasteiger partial charge in [-0.1, -0.05) is 25.5 Å². The monoisotopic (exact) mass is 378 g/mol. The summed E-state index contributed by atoms with van der Waals surface area (Å²) in [6.07, 6.45) is 1.60. The van der Waals surface area contributed by atoms with E-state index in [-0.39, 0.29) is 11.8 Å². The van der Waals surface area contributed by atoms with Gasteiger partial charge >= 0.3 is 0 Å². The largest absolute Gasteiger partial charge is 0.383 e. The van der Waals surface area contributed by atoms with E-state index in [1.807, 2.05) is 11.8 Å². The molecule has 0 aliphatic carbocycles. The Kier molecular flexibility index (Phi) is 7.94. The number of carbonyl (C=O) groups excluding carboxylic acids is 2. The number of ether oxygens (including phenoxy) is 2. The fraction of sp³-hybridized carbons (Fsp3) is 0.500. The minimum atomic E-state index is -0.392. The van der Waals surface area contributed by atoms with Crippen molar-refractivity contribution in [3.63, 3.8) is 0 Å². The number of imide groups is 1. The molecule has 1 aromatic carbocycles. The van der Waals surface area contributed by atoms with Crippen LogP contribution in [0.4, 0.5) is 4.39 Å². The van der Waals surface area contributed by atoms with Crippen molar-refractivity contribution in [1.82, 2.24) is 9.80 Å². The molecule has 0 spiro atoms. The highest BCUT2D eigenvalue weighted by atomic mass is 19.1. The molecule has 0 aromatic heterocycles. The van der Waals surface area contributed by atoms with Crippen LogP contribution in [-0.2, 0) is 19.1 Å². The minimum Gasteiger partial charge on any atom is -0.383 e. The number of methoxy groups -OCH3 is 2. The van der Waals surface area contributed by atoms with E-state index in [0.29, 0.717) is 49.7 Å². The zero-order valence-corrected chi connectivity index (χ0v) is 16.2. The Morgan fingerprint density at radius 2 is 1.59 bits per heavy atom. The van der Waals surface area contributed by atoms with Crippen LogP contribution in [-0.4, -0.2) is 68.7 Å². The standard InChI is InChI=1S/C20H27FN2O4/c1-4-5-10-23-19(24)17(15-6-8-16(21)9-7-15)18(20(23)25)22(11-13-26-2)12-14-27-3/h6-9H,4-5,10-14H2,1-3H3. The molecule has 1 heterocycles. The summed E-state index contributed by atoms with van der Waals surface area (Å²) in [6, 6.07) is 5.65. The molecule has 1 aliphatic rings. The van der Waals surface area contributed by atoms with Crippen LogP contribution in [0, 0.1) is 5.82 Å². The van der Waals surface area contributed by atoms with Gasteiger partial charge in [-0.2, -0.15) is 0 Å². The third-order valence-electron chi connectivity index (χ3n) is 4.46. The van der Waals surface area contributed by atoms with E-state index < -0.39 is 5.82 Å². The molecule has 1 aliphatic heterocycles. The molecule has 0 fully saturated rings. The van der Waals surface area contributed by atoms with Gasteiger partial charge in [0.2, 0.25) is 0 Å². The Labute approximate surface area is 159 Å². The molecule has 1 aromatic rings. The number of carbonyl (C=O) groups is 2. The van der Waals surface area contributed by atoms with E-state index in [1.54, 1.807) is 14.2 Å². The molecule has 0 saturated heterocycles. The molecule has 148 valence electrons. The van der Waals surface area contributed by atoms with Crippen molar-refractivity contribution in [3.05, 3.63) is 41.3 Å². The zero-order valence-electron chi connectivity index (χ0n) is 16.2. The van der Waals surface area contributed by atoms with E-state index >= 15 is 0 Å². The van der Waals surface area contributed by atoms with Gasteiger partial charge in [0.15, 0.2) is 0 Å². The highest BCUT2D eigenvalue weighted by Crippen LogP contribution is 2.32. The summed E-state index contributed by atoms with van der Waals surface area (Å²) in [5, 5.41) is 0. The molecule has 0 unspecified atom stereocenters. The first kappa shape index (κ1) is 21.1. The normalized spacial score (nSPS) is 14.4. The van der Waals surface area contributed by atoms with Crippen molar-refractivity contribution in [2.45, 2.75) is 19.8 Å². The van der Waals surface area contributed by atoms with Gasteiger partial charge in [-0.25, -0.2) is 4.39 Å². The maximum Gasteiger partial charge on any atom is 0.277 e. The lowest BCUT2D eigenvalue weighted by Crippen LogP contribution is -2.38. The molecule has 0 bridgehead atoms. The second kappa shape index (κ2) is 10.2. The van der Waals surface area contributed by atoms with Crippen LogP contribution in [0.2, 0.25) is 0 Å². The van der Waals surface area contributed by atoms with Crippen LogP contribution >= 0.6 is 0 Å². The molecule has 0 saturated carbocycles. The zero-order chi connectivity index (χ0) is 19.8. The van der Waals surface area contributed by atoms with Gasteiger partial charge in [-0.15, -0.1) is 0 Å². The van der Waals surface area contributed by atoms with E-state index in [2.05, 4.69) is 0 Å². The van der Waals surface area contributed by atoms with Gasteiger partial charge in [-0.3, -0.25) is 14.5 Å². The first-order valence-corrected chi connectivity index (χ1v) is 9.14. The summed E-state index contributed by atoms with van der Waals surface area (Å²) in [6.45, 7) is 4.07. The first-order valence-electron chi connectivity index (χ1n) is 9.14. The van der Waals surface area contributed by atoms with Crippen molar-refractivity contribution < 1.29 is 23.5 Å². The number of benzene rings is 1. The third-order valence-corrected chi connectivity index (χ3v) is 4.46. The van der Waals surface area contributed by atoms with Crippen LogP contribution < -0.4 is 0 Å². The van der Waals surface area contributed by atoms with Crippen molar-refractivity contribution in [2.75, 3.05) is 47.1 Å². The minimum absolute atomic E-state index is 0.309. The quantitative estimate of drug-likeness (QED) is 0.553. The van der Waals surface area contributed by atoms with Crippen LogP contribution in [0.3, 0.4) is 0 Å². The van der Waals surface area contributed by atoms with Crippen molar-refractivity contribution in [1.29, 1.82) is 0 Å². The number of rotatable bonds is 11. The van der Waals surface area contributed by atoms with Gasteiger partial charge in [-0.05, 0) is 24.1 Å². The molecule has 27 heavy (non-hydrogen) atoms. The van der Waals surface area contributed by atoms with E-state index in [9.17, 15) is 14.0 Å². The predicted octanol–water partition coefficient (Wildman–Crippen LogP) is 2.30. The summed E-state index contributed by atoms with van der Waals surface area (Å²) in [5.74, 6) is -1.05. The summed E-state index contributed by atoms with van der Waals surface area (Å²) < 4.78 is 23.7. The van der Waals surface area contributed by atoms with Crippen LogP contribution in [0.1, 0.15) is 25.3 Å². The molecule has 7 heteroatoms. The Balaban J connectivity index is 2.48.